The number of ether oxygens (including phenoxy) is 2. The van der Waals surface area contributed by atoms with Gasteiger partial charge in [0.05, 0.1) is 7.11 Å². The second kappa shape index (κ2) is 11.7. The van der Waals surface area contributed by atoms with Gasteiger partial charge in [0.25, 0.3) is 0 Å². The summed E-state index contributed by atoms with van der Waals surface area (Å²) in [6.45, 7) is 5.35. The van der Waals surface area contributed by atoms with Crippen molar-refractivity contribution < 1.29 is 9.47 Å². The first kappa shape index (κ1) is 24.7. The number of methoxy groups -OCH3 is 1. The van der Waals surface area contributed by atoms with E-state index in [9.17, 15) is 0 Å². The standard InChI is InChI=1S/C20H29ClN6O2.HI/c1-4-22-19(23-12-18-25-14-26-27(18)2)24-13-20(7-9-29-10-8-20)16-11-15(21)5-6-17(16)28-3;/h5-6,11,14H,4,7-10,12-13H2,1-3H3,(H2,22,23,24);1H. The highest BCUT2D eigenvalue weighted by atomic mass is 127. The van der Waals surface area contributed by atoms with E-state index in [1.54, 1.807) is 11.8 Å². The monoisotopic (exact) mass is 548 g/mol. The number of rotatable bonds is 7. The van der Waals surface area contributed by atoms with Crippen LogP contribution in [0.3, 0.4) is 0 Å². The highest BCUT2D eigenvalue weighted by molar-refractivity contribution is 14.0. The molecule has 1 aliphatic rings. The Labute approximate surface area is 199 Å². The highest BCUT2D eigenvalue weighted by Gasteiger charge is 2.37. The summed E-state index contributed by atoms with van der Waals surface area (Å²) < 4.78 is 13.0. The van der Waals surface area contributed by atoms with Crippen LogP contribution in [0.4, 0.5) is 0 Å². The summed E-state index contributed by atoms with van der Waals surface area (Å²) in [7, 11) is 3.56. The number of nitrogens with one attached hydrogen (secondary N) is 2. The van der Waals surface area contributed by atoms with E-state index in [1.807, 2.05) is 32.2 Å². The van der Waals surface area contributed by atoms with Gasteiger partial charge in [-0.1, -0.05) is 11.6 Å². The van der Waals surface area contributed by atoms with E-state index in [-0.39, 0.29) is 29.4 Å². The van der Waals surface area contributed by atoms with Gasteiger partial charge in [0, 0.05) is 49.4 Å². The molecule has 0 radical (unpaired) electrons. The predicted octanol–water partition coefficient (Wildman–Crippen LogP) is 2.90. The fourth-order valence-electron chi connectivity index (χ4n) is 3.61. The number of hydrogen-bond donors (Lipinski definition) is 2. The van der Waals surface area contributed by atoms with E-state index in [1.165, 1.54) is 6.33 Å². The summed E-state index contributed by atoms with van der Waals surface area (Å²) in [5.74, 6) is 2.39. The van der Waals surface area contributed by atoms with Crippen LogP contribution in [0.15, 0.2) is 29.5 Å². The van der Waals surface area contributed by atoms with Gasteiger partial charge in [-0.15, -0.1) is 24.0 Å². The maximum absolute atomic E-state index is 6.33. The lowest BCUT2D eigenvalue weighted by atomic mass is 9.73. The van der Waals surface area contributed by atoms with Crippen LogP contribution in [0.1, 0.15) is 31.2 Å². The average Bonchev–Trinajstić information content (AvgIpc) is 3.15. The van der Waals surface area contributed by atoms with Gasteiger partial charge < -0.3 is 20.1 Å². The van der Waals surface area contributed by atoms with Gasteiger partial charge in [-0.2, -0.15) is 5.10 Å². The summed E-state index contributed by atoms with van der Waals surface area (Å²) in [5.41, 5.74) is 0.947. The van der Waals surface area contributed by atoms with Gasteiger partial charge in [0.1, 0.15) is 24.4 Å². The smallest absolute Gasteiger partial charge is 0.191 e. The maximum Gasteiger partial charge on any atom is 0.191 e. The zero-order chi connectivity index (χ0) is 20.7. The number of guanidine groups is 1. The first-order valence-corrected chi connectivity index (χ1v) is 10.2. The van der Waals surface area contributed by atoms with Crippen LogP contribution in [0, 0.1) is 0 Å². The summed E-state index contributed by atoms with van der Waals surface area (Å²) in [4.78, 5) is 8.90. The van der Waals surface area contributed by atoms with Crippen molar-refractivity contribution in [3.63, 3.8) is 0 Å². The number of hydrogen-bond acceptors (Lipinski definition) is 5. The van der Waals surface area contributed by atoms with Crippen molar-refractivity contribution in [2.45, 2.75) is 31.7 Å². The van der Waals surface area contributed by atoms with Crippen LogP contribution in [0.25, 0.3) is 0 Å². The molecular formula is C20H30ClIN6O2. The quantitative estimate of drug-likeness (QED) is 0.314. The van der Waals surface area contributed by atoms with Crippen LogP contribution >= 0.6 is 35.6 Å². The minimum atomic E-state index is -0.157. The molecule has 1 aromatic carbocycles. The van der Waals surface area contributed by atoms with Crippen molar-refractivity contribution >= 4 is 41.5 Å². The summed E-state index contributed by atoms with van der Waals surface area (Å²) >= 11 is 6.33. The topological polar surface area (TPSA) is 85.6 Å². The Morgan fingerprint density at radius 1 is 1.33 bits per heavy atom. The van der Waals surface area contributed by atoms with E-state index in [4.69, 9.17) is 21.1 Å². The van der Waals surface area contributed by atoms with Crippen molar-refractivity contribution in [2.75, 3.05) is 33.4 Å². The van der Waals surface area contributed by atoms with Crippen LogP contribution in [-0.4, -0.2) is 54.1 Å². The highest BCUT2D eigenvalue weighted by Crippen LogP contribution is 2.40. The molecule has 0 saturated carbocycles. The molecule has 0 spiro atoms. The van der Waals surface area contributed by atoms with Crippen molar-refractivity contribution in [3.8, 4) is 5.75 Å². The van der Waals surface area contributed by atoms with Gasteiger partial charge in [-0.05, 0) is 38.0 Å². The molecule has 1 saturated heterocycles. The third-order valence-electron chi connectivity index (χ3n) is 5.30. The molecule has 3 rings (SSSR count). The molecule has 0 unspecified atom stereocenters. The molecule has 2 heterocycles. The lowest BCUT2D eigenvalue weighted by Crippen LogP contribution is -2.48. The third kappa shape index (κ3) is 5.98. The molecule has 10 heteroatoms. The third-order valence-corrected chi connectivity index (χ3v) is 5.54. The molecule has 0 aliphatic carbocycles. The first-order chi connectivity index (χ1) is 14.1. The van der Waals surface area contributed by atoms with Crippen molar-refractivity contribution in [1.82, 2.24) is 25.4 Å². The molecule has 1 fully saturated rings. The lowest BCUT2D eigenvalue weighted by molar-refractivity contribution is 0.0505. The number of benzene rings is 1. The molecule has 8 nitrogen and oxygen atoms in total. The molecule has 2 N–H and O–H groups in total. The molecule has 166 valence electrons. The summed E-state index contributed by atoms with van der Waals surface area (Å²) in [6.07, 6.45) is 3.28. The zero-order valence-electron chi connectivity index (χ0n) is 17.7. The van der Waals surface area contributed by atoms with Crippen LogP contribution in [0.5, 0.6) is 5.75 Å². The number of aromatic nitrogens is 3. The van der Waals surface area contributed by atoms with Crippen molar-refractivity contribution in [1.29, 1.82) is 0 Å². The molecule has 1 aromatic heterocycles. The van der Waals surface area contributed by atoms with Crippen molar-refractivity contribution in [3.05, 3.63) is 40.9 Å². The Hall–Kier alpha value is -1.59. The van der Waals surface area contributed by atoms with Crippen molar-refractivity contribution in [2.24, 2.45) is 12.0 Å². The Balaban J connectivity index is 0.00000320. The zero-order valence-corrected chi connectivity index (χ0v) is 20.7. The molecule has 0 atom stereocenters. The molecule has 0 amide bonds. The normalized spacial score (nSPS) is 15.9. The number of nitrogens with zero attached hydrogens (tertiary/aromatic N) is 4. The largest absolute Gasteiger partial charge is 0.496 e. The molecule has 0 bridgehead atoms. The number of aryl methyl sites for hydroxylation is 1. The van der Waals surface area contributed by atoms with Gasteiger partial charge in [-0.3, -0.25) is 4.68 Å². The molecular weight excluding hydrogens is 519 g/mol. The fourth-order valence-corrected chi connectivity index (χ4v) is 3.78. The second-order valence-corrected chi connectivity index (χ2v) is 7.52. The first-order valence-electron chi connectivity index (χ1n) is 9.85. The van der Waals surface area contributed by atoms with E-state index in [0.29, 0.717) is 31.3 Å². The Morgan fingerprint density at radius 3 is 2.73 bits per heavy atom. The molecule has 30 heavy (non-hydrogen) atoms. The van der Waals surface area contributed by atoms with Crippen LogP contribution < -0.4 is 15.4 Å². The fraction of sp³-hybridized carbons (Fsp3) is 0.550. The van der Waals surface area contributed by atoms with Crippen LogP contribution in [0.2, 0.25) is 5.02 Å². The summed E-state index contributed by atoms with van der Waals surface area (Å²) in [5, 5.41) is 11.6. The second-order valence-electron chi connectivity index (χ2n) is 7.09. The van der Waals surface area contributed by atoms with E-state index in [2.05, 4.69) is 25.7 Å². The van der Waals surface area contributed by atoms with Crippen LogP contribution in [-0.2, 0) is 23.7 Å². The lowest BCUT2D eigenvalue weighted by Gasteiger charge is -2.39. The summed E-state index contributed by atoms with van der Waals surface area (Å²) in [6, 6.07) is 5.80. The van der Waals surface area contributed by atoms with Gasteiger partial charge in [0.2, 0.25) is 0 Å². The minimum Gasteiger partial charge on any atom is -0.496 e. The van der Waals surface area contributed by atoms with E-state index in [0.717, 1.165) is 42.5 Å². The van der Waals surface area contributed by atoms with Gasteiger partial charge in [-0.25, -0.2) is 9.98 Å². The molecule has 1 aliphatic heterocycles. The number of halogens is 2. The molecule has 2 aromatic rings. The minimum absolute atomic E-state index is 0. The SMILES string of the molecule is CCNC(=NCc1ncnn1C)NCC1(c2cc(Cl)ccc2OC)CCOCC1.I. The Bertz CT molecular complexity index is 838. The van der Waals surface area contributed by atoms with E-state index >= 15 is 0 Å². The maximum atomic E-state index is 6.33. The predicted molar refractivity (Wildman–Crippen MR) is 129 cm³/mol. The van der Waals surface area contributed by atoms with E-state index < -0.39 is 0 Å². The Kier molecular flexibility index (Phi) is 9.63. The Morgan fingerprint density at radius 2 is 2.10 bits per heavy atom. The van der Waals surface area contributed by atoms with Gasteiger partial charge >= 0.3 is 0 Å². The number of aliphatic imine (C=N–C) groups is 1. The van der Waals surface area contributed by atoms with Gasteiger partial charge in [0.15, 0.2) is 5.96 Å². The average molecular weight is 549 g/mol.